The highest BCUT2D eigenvalue weighted by molar-refractivity contribution is 9.10. The first-order chi connectivity index (χ1) is 10.1. The molecule has 5 heteroatoms. The van der Waals surface area contributed by atoms with Crippen LogP contribution in [0, 0.1) is 0 Å². The third-order valence-corrected chi connectivity index (χ3v) is 4.07. The lowest BCUT2D eigenvalue weighted by atomic mass is 10.1. The van der Waals surface area contributed by atoms with Gasteiger partial charge in [-0.1, -0.05) is 29.8 Å². The number of carbonyl (C=O) groups excluding carboxylic acids is 1. The van der Waals surface area contributed by atoms with Crippen molar-refractivity contribution in [1.82, 2.24) is 4.90 Å². The normalized spacial score (nSPS) is 10.8. The van der Waals surface area contributed by atoms with Crippen molar-refractivity contribution >= 4 is 21.8 Å². The summed E-state index contributed by atoms with van der Waals surface area (Å²) in [6.45, 7) is 5.31. The minimum absolute atomic E-state index is 0.00917. The second-order valence-corrected chi connectivity index (χ2v) is 5.72. The van der Waals surface area contributed by atoms with Gasteiger partial charge in [-0.2, -0.15) is 0 Å². The van der Waals surface area contributed by atoms with Crippen LogP contribution < -0.4 is 4.74 Å². The van der Waals surface area contributed by atoms with Gasteiger partial charge in [-0.3, -0.25) is 4.79 Å². The number of amides is 1. The number of nitrogens with zero attached hydrogens (tertiary/aromatic N) is 1. The van der Waals surface area contributed by atoms with E-state index >= 15 is 0 Å². The summed E-state index contributed by atoms with van der Waals surface area (Å²) in [5.74, 6) is 0.577. The van der Waals surface area contributed by atoms with Gasteiger partial charge in [-0.25, -0.2) is 0 Å². The predicted octanol–water partition coefficient (Wildman–Crippen LogP) is 3.73. The average molecular weight is 358 g/mol. The Morgan fingerprint density at radius 3 is 2.48 bits per heavy atom. The second kappa shape index (κ2) is 9.05. The standard InChI is InChI=1S/C16H24BrNO3/c1-5-13(6-2)18(9-10-20-3)16(19)14-8-7-12(17)11-15(14)21-4/h7-8,11,13H,5-6,9-10H2,1-4H3. The minimum Gasteiger partial charge on any atom is -0.496 e. The molecule has 0 radical (unpaired) electrons. The van der Waals surface area contributed by atoms with Crippen LogP contribution in [-0.4, -0.2) is 44.2 Å². The van der Waals surface area contributed by atoms with E-state index in [2.05, 4.69) is 29.8 Å². The molecule has 0 N–H and O–H groups in total. The van der Waals surface area contributed by atoms with E-state index in [0.717, 1.165) is 17.3 Å². The quantitative estimate of drug-likeness (QED) is 0.711. The topological polar surface area (TPSA) is 38.8 Å². The molecule has 0 heterocycles. The molecule has 1 amide bonds. The first kappa shape index (κ1) is 18.0. The molecule has 118 valence electrons. The summed E-state index contributed by atoms with van der Waals surface area (Å²) >= 11 is 3.40. The molecule has 0 unspecified atom stereocenters. The average Bonchev–Trinajstić information content (AvgIpc) is 2.50. The third kappa shape index (κ3) is 4.71. The number of hydrogen-bond donors (Lipinski definition) is 0. The Morgan fingerprint density at radius 2 is 1.95 bits per heavy atom. The monoisotopic (exact) mass is 357 g/mol. The molecule has 0 atom stereocenters. The maximum Gasteiger partial charge on any atom is 0.257 e. The van der Waals surface area contributed by atoms with Crippen LogP contribution in [0.15, 0.2) is 22.7 Å². The molecule has 0 bridgehead atoms. The molecule has 1 aromatic rings. The fourth-order valence-electron chi connectivity index (χ4n) is 2.37. The van der Waals surface area contributed by atoms with E-state index in [9.17, 15) is 4.79 Å². The smallest absolute Gasteiger partial charge is 0.257 e. The van der Waals surface area contributed by atoms with Crippen LogP contribution >= 0.6 is 15.9 Å². The minimum atomic E-state index is -0.00917. The van der Waals surface area contributed by atoms with Gasteiger partial charge in [0.2, 0.25) is 0 Å². The third-order valence-electron chi connectivity index (χ3n) is 3.57. The Hall–Kier alpha value is -1.07. The van der Waals surface area contributed by atoms with Crippen molar-refractivity contribution in [2.45, 2.75) is 32.7 Å². The largest absolute Gasteiger partial charge is 0.496 e. The fourth-order valence-corrected chi connectivity index (χ4v) is 2.71. The summed E-state index contributed by atoms with van der Waals surface area (Å²) in [7, 11) is 3.23. The number of methoxy groups -OCH3 is 2. The van der Waals surface area contributed by atoms with Crippen molar-refractivity contribution in [3.8, 4) is 5.75 Å². The number of carbonyl (C=O) groups is 1. The Labute approximate surface area is 135 Å². The summed E-state index contributed by atoms with van der Waals surface area (Å²) in [6.07, 6.45) is 1.84. The summed E-state index contributed by atoms with van der Waals surface area (Å²) in [5.41, 5.74) is 0.587. The van der Waals surface area contributed by atoms with Crippen molar-refractivity contribution < 1.29 is 14.3 Å². The van der Waals surface area contributed by atoms with Crippen molar-refractivity contribution in [1.29, 1.82) is 0 Å². The Bertz CT molecular complexity index is 461. The molecule has 0 saturated carbocycles. The van der Waals surface area contributed by atoms with Crippen LogP contribution in [0.1, 0.15) is 37.0 Å². The van der Waals surface area contributed by atoms with Gasteiger partial charge >= 0.3 is 0 Å². The van der Waals surface area contributed by atoms with Gasteiger partial charge in [0.15, 0.2) is 0 Å². The Kier molecular flexibility index (Phi) is 7.75. The van der Waals surface area contributed by atoms with Crippen LogP contribution in [0.3, 0.4) is 0 Å². The lowest BCUT2D eigenvalue weighted by Gasteiger charge is -2.31. The lowest BCUT2D eigenvalue weighted by molar-refractivity contribution is 0.0586. The van der Waals surface area contributed by atoms with Crippen LogP contribution in [0.2, 0.25) is 0 Å². The maximum atomic E-state index is 12.9. The van der Waals surface area contributed by atoms with Gasteiger partial charge in [-0.15, -0.1) is 0 Å². The van der Waals surface area contributed by atoms with E-state index in [0.29, 0.717) is 24.5 Å². The highest BCUT2D eigenvalue weighted by Crippen LogP contribution is 2.26. The van der Waals surface area contributed by atoms with Crippen LogP contribution in [0.4, 0.5) is 0 Å². The molecular formula is C16H24BrNO3. The molecule has 0 aliphatic rings. The highest BCUT2D eigenvalue weighted by Gasteiger charge is 2.24. The zero-order chi connectivity index (χ0) is 15.8. The van der Waals surface area contributed by atoms with Crippen molar-refractivity contribution in [2.24, 2.45) is 0 Å². The summed E-state index contributed by atoms with van der Waals surface area (Å²) in [4.78, 5) is 14.8. The van der Waals surface area contributed by atoms with E-state index in [1.54, 1.807) is 20.3 Å². The van der Waals surface area contributed by atoms with Gasteiger partial charge in [0.05, 0.1) is 19.3 Å². The Balaban J connectivity index is 3.09. The van der Waals surface area contributed by atoms with Gasteiger partial charge in [0, 0.05) is 24.2 Å². The lowest BCUT2D eigenvalue weighted by Crippen LogP contribution is -2.42. The van der Waals surface area contributed by atoms with E-state index in [1.807, 2.05) is 17.0 Å². The molecule has 0 spiro atoms. The summed E-state index contributed by atoms with van der Waals surface area (Å²) in [5, 5.41) is 0. The first-order valence-electron chi connectivity index (χ1n) is 7.22. The van der Waals surface area contributed by atoms with Crippen molar-refractivity contribution in [3.05, 3.63) is 28.2 Å². The number of benzene rings is 1. The fraction of sp³-hybridized carbons (Fsp3) is 0.562. The van der Waals surface area contributed by atoms with Crippen molar-refractivity contribution in [2.75, 3.05) is 27.4 Å². The number of halogens is 1. The molecule has 1 rings (SSSR count). The van der Waals surface area contributed by atoms with E-state index in [-0.39, 0.29) is 11.9 Å². The summed E-state index contributed by atoms with van der Waals surface area (Å²) < 4.78 is 11.4. The van der Waals surface area contributed by atoms with Gasteiger partial charge in [-0.05, 0) is 31.0 Å². The number of rotatable bonds is 8. The van der Waals surface area contributed by atoms with E-state index < -0.39 is 0 Å². The van der Waals surface area contributed by atoms with Crippen LogP contribution in [-0.2, 0) is 4.74 Å². The molecule has 1 aromatic carbocycles. The summed E-state index contributed by atoms with van der Waals surface area (Å²) in [6, 6.07) is 5.68. The zero-order valence-corrected chi connectivity index (χ0v) is 14.8. The van der Waals surface area contributed by atoms with Gasteiger partial charge < -0.3 is 14.4 Å². The molecule has 21 heavy (non-hydrogen) atoms. The first-order valence-corrected chi connectivity index (χ1v) is 8.01. The second-order valence-electron chi connectivity index (χ2n) is 4.81. The highest BCUT2D eigenvalue weighted by atomic mass is 79.9. The van der Waals surface area contributed by atoms with E-state index in [4.69, 9.17) is 9.47 Å². The molecule has 0 fully saturated rings. The molecular weight excluding hydrogens is 334 g/mol. The van der Waals surface area contributed by atoms with Crippen LogP contribution in [0.25, 0.3) is 0 Å². The molecule has 0 aromatic heterocycles. The molecule has 0 aliphatic heterocycles. The predicted molar refractivity (Wildman–Crippen MR) is 88.0 cm³/mol. The zero-order valence-electron chi connectivity index (χ0n) is 13.2. The molecule has 4 nitrogen and oxygen atoms in total. The number of hydrogen-bond acceptors (Lipinski definition) is 3. The van der Waals surface area contributed by atoms with Crippen LogP contribution in [0.5, 0.6) is 5.75 Å². The Morgan fingerprint density at radius 1 is 1.29 bits per heavy atom. The molecule has 0 saturated heterocycles. The van der Waals surface area contributed by atoms with Gasteiger partial charge in [0.1, 0.15) is 5.75 Å². The number of ether oxygens (including phenoxy) is 2. The van der Waals surface area contributed by atoms with E-state index in [1.165, 1.54) is 0 Å². The van der Waals surface area contributed by atoms with Crippen molar-refractivity contribution in [3.63, 3.8) is 0 Å². The molecule has 0 aliphatic carbocycles. The van der Waals surface area contributed by atoms with Gasteiger partial charge in [0.25, 0.3) is 5.91 Å². The SMILES string of the molecule is CCC(CC)N(CCOC)C(=O)c1ccc(Br)cc1OC. The maximum absolute atomic E-state index is 12.9.